The summed E-state index contributed by atoms with van der Waals surface area (Å²) in [5.74, 6) is -0.461. The number of nitrogens with zero attached hydrogens (tertiary/aromatic N) is 1. The van der Waals surface area contributed by atoms with Crippen LogP contribution >= 0.6 is 0 Å². The number of para-hydroxylation sites is 1. The number of carbonyl (C=O) groups excluding carboxylic acids is 2. The average Bonchev–Trinajstić information content (AvgIpc) is 2.66. The van der Waals surface area contributed by atoms with Crippen LogP contribution in [0.5, 0.6) is 5.75 Å². The largest absolute Gasteiger partial charge is 0.489 e. The lowest BCUT2D eigenvalue weighted by molar-refractivity contribution is 0.0706. The summed E-state index contributed by atoms with van der Waals surface area (Å²) in [4.78, 5) is 23.3. The fraction of sp³-hybridized carbons (Fsp3) is 0.0556. The Labute approximate surface area is 144 Å². The van der Waals surface area contributed by atoms with Gasteiger partial charge in [0.2, 0.25) is 0 Å². The topological polar surface area (TPSA) is 100 Å². The third-order valence-electron chi connectivity index (χ3n) is 3.16. The van der Waals surface area contributed by atoms with E-state index in [0.29, 0.717) is 23.5 Å². The zero-order chi connectivity index (χ0) is 18.1. The second-order valence-corrected chi connectivity index (χ2v) is 4.85. The van der Waals surface area contributed by atoms with Gasteiger partial charge in [-0.3, -0.25) is 14.8 Å². The van der Waals surface area contributed by atoms with Gasteiger partial charge in [0, 0.05) is 16.7 Å². The van der Waals surface area contributed by atoms with Crippen molar-refractivity contribution in [2.24, 2.45) is 5.10 Å². The van der Waals surface area contributed by atoms with E-state index in [0.717, 1.165) is 0 Å². The summed E-state index contributed by atoms with van der Waals surface area (Å²) >= 11 is 0. The molecule has 2 rings (SSSR count). The Balaban J connectivity index is 2.01. The van der Waals surface area contributed by atoms with E-state index in [1.807, 2.05) is 12.1 Å². The molecule has 128 valence electrons. The van der Waals surface area contributed by atoms with Crippen LogP contribution in [0.2, 0.25) is 0 Å². The van der Waals surface area contributed by atoms with Crippen molar-refractivity contribution < 1.29 is 19.5 Å². The first-order chi connectivity index (χ1) is 12.2. The Morgan fingerprint density at radius 2 is 1.72 bits per heavy atom. The fourth-order valence-corrected chi connectivity index (χ4v) is 1.93. The number of hydrogen-bond acceptors (Lipinski definition) is 5. The Morgan fingerprint density at radius 1 is 1.08 bits per heavy atom. The molecule has 0 saturated carbocycles. The fourth-order valence-electron chi connectivity index (χ4n) is 1.93. The van der Waals surface area contributed by atoms with E-state index in [9.17, 15) is 9.59 Å². The molecule has 7 heteroatoms. The second kappa shape index (κ2) is 8.99. The van der Waals surface area contributed by atoms with Gasteiger partial charge in [0.1, 0.15) is 12.4 Å². The van der Waals surface area contributed by atoms with Gasteiger partial charge in [-0.15, -0.1) is 0 Å². The van der Waals surface area contributed by atoms with Gasteiger partial charge in [-0.1, -0.05) is 24.8 Å². The van der Waals surface area contributed by atoms with E-state index < -0.39 is 11.8 Å². The zero-order valence-electron chi connectivity index (χ0n) is 13.3. The highest BCUT2D eigenvalue weighted by atomic mass is 16.5. The molecule has 0 spiro atoms. The quantitative estimate of drug-likeness (QED) is 0.311. The molecule has 2 aromatic carbocycles. The normalized spacial score (nSPS) is 10.3. The van der Waals surface area contributed by atoms with Crippen molar-refractivity contribution >= 4 is 18.0 Å². The first kappa shape index (κ1) is 17.9. The van der Waals surface area contributed by atoms with Crippen LogP contribution in [0.25, 0.3) is 0 Å². The van der Waals surface area contributed by atoms with Crippen LogP contribution in [0.1, 0.15) is 26.3 Å². The van der Waals surface area contributed by atoms with Gasteiger partial charge < -0.3 is 4.74 Å². The molecular weight excluding hydrogens is 322 g/mol. The van der Waals surface area contributed by atoms with Crippen LogP contribution in [-0.2, 0) is 0 Å². The van der Waals surface area contributed by atoms with Gasteiger partial charge in [0.05, 0.1) is 6.21 Å². The molecule has 0 fully saturated rings. The molecule has 0 saturated heterocycles. The maximum atomic E-state index is 12.0. The molecule has 3 N–H and O–H groups in total. The molecule has 0 aliphatic heterocycles. The zero-order valence-corrected chi connectivity index (χ0v) is 13.3. The lowest BCUT2D eigenvalue weighted by atomic mass is 10.1. The molecule has 0 unspecified atom stereocenters. The van der Waals surface area contributed by atoms with Crippen molar-refractivity contribution in [1.82, 2.24) is 10.9 Å². The summed E-state index contributed by atoms with van der Waals surface area (Å²) in [7, 11) is 0. The third kappa shape index (κ3) is 5.02. The molecule has 0 atom stereocenters. The number of hydrogen-bond donors (Lipinski definition) is 3. The van der Waals surface area contributed by atoms with Crippen LogP contribution < -0.4 is 15.6 Å². The predicted octanol–water partition coefficient (Wildman–Crippen LogP) is 2.13. The highest BCUT2D eigenvalue weighted by molar-refractivity contribution is 5.97. The molecule has 0 radical (unpaired) electrons. The van der Waals surface area contributed by atoms with E-state index >= 15 is 0 Å². The Morgan fingerprint density at radius 3 is 2.36 bits per heavy atom. The van der Waals surface area contributed by atoms with Gasteiger partial charge in [-0.25, -0.2) is 10.9 Å². The summed E-state index contributed by atoms with van der Waals surface area (Å²) in [6, 6.07) is 13.0. The molecule has 2 amide bonds. The van der Waals surface area contributed by atoms with Gasteiger partial charge in [0.15, 0.2) is 0 Å². The summed E-state index contributed by atoms with van der Waals surface area (Å²) in [5, 5.41) is 12.5. The second-order valence-electron chi connectivity index (χ2n) is 4.85. The predicted molar refractivity (Wildman–Crippen MR) is 92.9 cm³/mol. The number of nitrogens with one attached hydrogen (secondary N) is 2. The summed E-state index contributed by atoms with van der Waals surface area (Å²) in [5.41, 5.74) is 5.18. The molecule has 0 heterocycles. The number of hydrazone groups is 1. The van der Waals surface area contributed by atoms with E-state index in [-0.39, 0.29) is 5.56 Å². The smallest absolute Gasteiger partial charge is 0.274 e. The average molecular weight is 339 g/mol. The molecule has 0 aromatic heterocycles. The minimum atomic E-state index is -0.652. The first-order valence-corrected chi connectivity index (χ1v) is 7.36. The SMILES string of the molecule is C=CCOc1ccccc1/C=N/NC(=O)c1ccc(C(=O)NO)cc1. The van der Waals surface area contributed by atoms with Gasteiger partial charge >= 0.3 is 0 Å². The van der Waals surface area contributed by atoms with E-state index in [2.05, 4.69) is 17.1 Å². The maximum Gasteiger partial charge on any atom is 0.274 e. The molecule has 7 nitrogen and oxygen atoms in total. The number of carbonyl (C=O) groups is 2. The van der Waals surface area contributed by atoms with Crippen LogP contribution in [0.3, 0.4) is 0 Å². The van der Waals surface area contributed by atoms with Crippen LogP contribution in [0.4, 0.5) is 0 Å². The molecular formula is C18H17N3O4. The van der Waals surface area contributed by atoms with Crippen LogP contribution in [-0.4, -0.2) is 29.8 Å². The highest BCUT2D eigenvalue weighted by Gasteiger charge is 2.07. The Hall–Kier alpha value is -3.45. The number of hydroxylamine groups is 1. The lowest BCUT2D eigenvalue weighted by Crippen LogP contribution is -2.20. The maximum absolute atomic E-state index is 12.0. The van der Waals surface area contributed by atoms with Crippen LogP contribution in [0.15, 0.2) is 66.3 Å². The number of amides is 2. The van der Waals surface area contributed by atoms with Crippen LogP contribution in [0, 0.1) is 0 Å². The van der Waals surface area contributed by atoms with Crippen molar-refractivity contribution in [2.45, 2.75) is 0 Å². The van der Waals surface area contributed by atoms with Gasteiger partial charge in [-0.05, 0) is 36.4 Å². The highest BCUT2D eigenvalue weighted by Crippen LogP contribution is 2.15. The molecule has 0 aliphatic rings. The molecule has 0 aliphatic carbocycles. The monoisotopic (exact) mass is 339 g/mol. The van der Waals surface area contributed by atoms with Gasteiger partial charge in [-0.2, -0.15) is 5.10 Å². The number of ether oxygens (including phenoxy) is 1. The Kier molecular flexibility index (Phi) is 6.44. The summed E-state index contributed by atoms with van der Waals surface area (Å²) in [6.07, 6.45) is 3.11. The van der Waals surface area contributed by atoms with Crippen molar-refractivity contribution in [3.05, 3.63) is 77.9 Å². The Bertz CT molecular complexity index is 785. The third-order valence-corrected chi connectivity index (χ3v) is 3.16. The van der Waals surface area contributed by atoms with Crippen molar-refractivity contribution in [2.75, 3.05) is 6.61 Å². The summed E-state index contributed by atoms with van der Waals surface area (Å²) < 4.78 is 5.49. The van der Waals surface area contributed by atoms with Crippen molar-refractivity contribution in [3.63, 3.8) is 0 Å². The summed E-state index contributed by atoms with van der Waals surface area (Å²) in [6.45, 7) is 3.96. The first-order valence-electron chi connectivity index (χ1n) is 7.36. The molecule has 2 aromatic rings. The minimum Gasteiger partial charge on any atom is -0.489 e. The minimum absolute atomic E-state index is 0.232. The molecule has 25 heavy (non-hydrogen) atoms. The van der Waals surface area contributed by atoms with E-state index in [4.69, 9.17) is 9.94 Å². The van der Waals surface area contributed by atoms with Crippen molar-refractivity contribution in [3.8, 4) is 5.75 Å². The van der Waals surface area contributed by atoms with Crippen molar-refractivity contribution in [1.29, 1.82) is 0 Å². The lowest BCUT2D eigenvalue weighted by Gasteiger charge is -2.06. The van der Waals surface area contributed by atoms with E-state index in [1.165, 1.54) is 36.0 Å². The van der Waals surface area contributed by atoms with E-state index in [1.54, 1.807) is 18.2 Å². The number of benzene rings is 2. The molecule has 0 bridgehead atoms. The standard InChI is InChI=1S/C18H17N3O4/c1-2-11-25-16-6-4-3-5-15(16)12-19-20-17(22)13-7-9-14(10-8-13)18(23)21-24/h2-10,12,24H,1,11H2,(H,20,22)(H,21,23)/b19-12+. The number of rotatable bonds is 7. The van der Waals surface area contributed by atoms with Gasteiger partial charge in [0.25, 0.3) is 11.8 Å².